The molecule has 0 saturated carbocycles. The van der Waals surface area contributed by atoms with Gasteiger partial charge in [0.2, 0.25) is 0 Å². The van der Waals surface area contributed by atoms with Crippen molar-refractivity contribution < 1.29 is 21.7 Å². The van der Waals surface area contributed by atoms with E-state index < -0.39 is 7.25 Å². The van der Waals surface area contributed by atoms with E-state index in [1.807, 2.05) is 0 Å². The van der Waals surface area contributed by atoms with Crippen LogP contribution in [0.4, 0.5) is 17.3 Å². The maximum atomic E-state index is 9.75. The molecule has 0 radical (unpaired) electrons. The molecule has 1 aromatic heterocycles. The fourth-order valence-corrected chi connectivity index (χ4v) is 4.22. The van der Waals surface area contributed by atoms with Crippen molar-refractivity contribution in [3.05, 3.63) is 95.6 Å². The Morgan fingerprint density at radius 1 is 0.512 bits per heavy atom. The second-order valence-electron chi connectivity index (χ2n) is 13.4. The SMILES string of the molecule is CC(C)(C)c1ccc(-c2cc(-c3ccc(C(C)(C)C)cc3)[o+]c(-c3ccc(C(C)(C)C)cc3)n2)cc1.F[B-](F)(F)F. The highest BCUT2D eigenvalue weighted by Gasteiger charge is 2.25. The van der Waals surface area contributed by atoms with Crippen molar-refractivity contribution in [2.45, 2.75) is 78.6 Å². The third kappa shape index (κ3) is 9.27. The zero-order valence-corrected chi connectivity index (χ0v) is 25.5. The van der Waals surface area contributed by atoms with Gasteiger partial charge < -0.3 is 17.3 Å². The van der Waals surface area contributed by atoms with Crippen molar-refractivity contribution in [2.24, 2.45) is 0 Å². The molecule has 0 amide bonds. The molecule has 41 heavy (non-hydrogen) atoms. The van der Waals surface area contributed by atoms with Crippen LogP contribution in [0.1, 0.15) is 79.0 Å². The Morgan fingerprint density at radius 3 is 1.17 bits per heavy atom. The van der Waals surface area contributed by atoms with E-state index in [0.29, 0.717) is 5.89 Å². The van der Waals surface area contributed by atoms with E-state index in [2.05, 4.69) is 141 Å². The van der Waals surface area contributed by atoms with Gasteiger partial charge in [-0.15, -0.1) is 0 Å². The third-order valence-electron chi connectivity index (χ3n) is 6.78. The van der Waals surface area contributed by atoms with E-state index in [1.165, 1.54) is 16.7 Å². The highest BCUT2D eigenvalue weighted by atomic mass is 19.5. The van der Waals surface area contributed by atoms with Crippen LogP contribution in [0.15, 0.2) is 83.3 Å². The molecule has 1 heterocycles. The molecule has 0 aliphatic rings. The predicted molar refractivity (Wildman–Crippen MR) is 164 cm³/mol. The molecule has 4 aromatic rings. The number of hydrogen-bond donors (Lipinski definition) is 0. The Kier molecular flexibility index (Phi) is 9.22. The highest BCUT2D eigenvalue weighted by molar-refractivity contribution is 6.50. The van der Waals surface area contributed by atoms with E-state index in [1.54, 1.807) is 0 Å². The molecule has 0 spiro atoms. The first kappa shape index (κ1) is 32.0. The summed E-state index contributed by atoms with van der Waals surface area (Å²) in [6.45, 7) is 20.1. The van der Waals surface area contributed by atoms with Crippen LogP contribution in [0.2, 0.25) is 0 Å². The lowest BCUT2D eigenvalue weighted by Gasteiger charge is -2.19. The summed E-state index contributed by atoms with van der Waals surface area (Å²) in [6, 6.07) is 28.1. The van der Waals surface area contributed by atoms with Crippen molar-refractivity contribution in [1.82, 2.24) is 4.98 Å². The second-order valence-corrected chi connectivity index (χ2v) is 13.4. The van der Waals surface area contributed by atoms with Gasteiger partial charge >= 0.3 is 18.9 Å². The second kappa shape index (κ2) is 11.8. The molecule has 0 N–H and O–H groups in total. The normalized spacial score (nSPS) is 12.5. The fourth-order valence-electron chi connectivity index (χ4n) is 4.22. The quantitative estimate of drug-likeness (QED) is 0.140. The molecule has 0 saturated heterocycles. The minimum Gasteiger partial charge on any atom is -0.418 e. The van der Waals surface area contributed by atoms with Gasteiger partial charge in [0.25, 0.3) is 0 Å². The van der Waals surface area contributed by atoms with Gasteiger partial charge in [0, 0.05) is 5.56 Å². The monoisotopic (exact) mass is 565 g/mol. The Labute approximate surface area is 242 Å². The lowest BCUT2D eigenvalue weighted by atomic mass is 9.86. The number of halogens is 4. The molecule has 0 unspecified atom stereocenters. The molecule has 0 aliphatic carbocycles. The van der Waals surface area contributed by atoms with E-state index in [-0.39, 0.29) is 16.2 Å². The van der Waals surface area contributed by atoms with Gasteiger partial charge in [-0.1, -0.05) is 111 Å². The molecule has 2 nitrogen and oxygen atoms in total. The van der Waals surface area contributed by atoms with Gasteiger partial charge in [-0.3, -0.25) is 0 Å². The summed E-state index contributed by atoms with van der Waals surface area (Å²) < 4.78 is 45.4. The topological polar surface area (TPSA) is 24.2 Å². The van der Waals surface area contributed by atoms with Crippen molar-refractivity contribution >= 4 is 7.25 Å². The largest absolute Gasteiger partial charge is 0.673 e. The Hall–Kier alpha value is -3.48. The molecule has 7 heteroatoms. The van der Waals surface area contributed by atoms with Crippen LogP contribution in [0, 0.1) is 0 Å². The summed E-state index contributed by atoms with van der Waals surface area (Å²) in [5.74, 6) is 1.44. The summed E-state index contributed by atoms with van der Waals surface area (Å²) in [5.41, 5.74) is 8.22. The first-order valence-electron chi connectivity index (χ1n) is 13.8. The third-order valence-corrected chi connectivity index (χ3v) is 6.78. The number of hydrogen-bond acceptors (Lipinski definition) is 1. The molecule has 218 valence electrons. The molecule has 0 fully saturated rings. The van der Waals surface area contributed by atoms with Crippen molar-refractivity contribution in [3.63, 3.8) is 0 Å². The molecule has 3 aromatic carbocycles. The van der Waals surface area contributed by atoms with Crippen LogP contribution >= 0.6 is 0 Å². The smallest absolute Gasteiger partial charge is 0.418 e. The maximum absolute atomic E-state index is 9.75. The fraction of sp³-hybridized carbons (Fsp3) is 0.353. The van der Waals surface area contributed by atoms with Crippen LogP contribution in [0.5, 0.6) is 0 Å². The van der Waals surface area contributed by atoms with E-state index >= 15 is 0 Å². The van der Waals surface area contributed by atoms with Gasteiger partial charge in [-0.25, -0.2) is 0 Å². The lowest BCUT2D eigenvalue weighted by Crippen LogP contribution is -2.10. The minimum atomic E-state index is -6.00. The Morgan fingerprint density at radius 2 is 0.829 bits per heavy atom. The average Bonchev–Trinajstić information content (AvgIpc) is 2.86. The zero-order valence-electron chi connectivity index (χ0n) is 25.5. The molecule has 0 atom stereocenters. The van der Waals surface area contributed by atoms with E-state index in [9.17, 15) is 17.3 Å². The van der Waals surface area contributed by atoms with E-state index in [0.717, 1.165) is 28.1 Å². The van der Waals surface area contributed by atoms with Gasteiger partial charge in [-0.2, -0.15) is 9.40 Å². The number of rotatable bonds is 3. The van der Waals surface area contributed by atoms with Gasteiger partial charge in [0.1, 0.15) is 5.56 Å². The molecular formula is C34H40BF4NO. The minimum absolute atomic E-state index is 0.0969. The summed E-state index contributed by atoms with van der Waals surface area (Å²) in [5, 5.41) is 0. The number of aromatic nitrogens is 1. The summed E-state index contributed by atoms with van der Waals surface area (Å²) in [6.07, 6.45) is 0. The summed E-state index contributed by atoms with van der Waals surface area (Å²) in [7, 11) is -6.00. The van der Waals surface area contributed by atoms with Crippen molar-refractivity contribution in [1.29, 1.82) is 0 Å². The van der Waals surface area contributed by atoms with Crippen LogP contribution in [-0.4, -0.2) is 12.2 Å². The van der Waals surface area contributed by atoms with Crippen LogP contribution < -0.4 is 0 Å². The lowest BCUT2D eigenvalue weighted by molar-refractivity contribution is 0.368. The Bertz CT molecular complexity index is 1250. The van der Waals surface area contributed by atoms with Crippen LogP contribution in [-0.2, 0) is 16.2 Å². The molecule has 0 aliphatic heterocycles. The number of nitrogens with zero attached hydrogens (tertiary/aromatic N) is 1. The standard InChI is InChI=1S/C34H40NO.BF4/c1-32(2,3)26-16-10-23(11-17-26)29-22-30(24-12-18-27(19-13-24)33(4,5)6)36-31(35-29)25-14-20-28(21-15-25)34(7,8)9;2-1(3,4)5/h10-22H,1-9H3;/q+1;-1. The Balaban J connectivity index is 0.000000850. The van der Waals surface area contributed by atoms with Gasteiger partial charge in [0.05, 0.1) is 17.3 Å². The van der Waals surface area contributed by atoms with E-state index in [4.69, 9.17) is 9.40 Å². The number of benzene rings is 3. The van der Waals surface area contributed by atoms with Crippen molar-refractivity contribution in [3.8, 4) is 34.0 Å². The predicted octanol–water partition coefficient (Wildman–Crippen LogP) is 11.1. The summed E-state index contributed by atoms with van der Waals surface area (Å²) >= 11 is 0. The average molecular weight is 566 g/mol. The van der Waals surface area contributed by atoms with Crippen LogP contribution in [0.25, 0.3) is 34.0 Å². The zero-order chi connectivity index (χ0) is 30.8. The molecule has 4 rings (SSSR count). The maximum Gasteiger partial charge on any atom is 0.673 e. The first-order valence-corrected chi connectivity index (χ1v) is 13.8. The first-order chi connectivity index (χ1) is 18.7. The summed E-state index contributed by atoms with van der Waals surface area (Å²) in [4.78, 5) is 4.97. The van der Waals surface area contributed by atoms with Gasteiger partial charge in [-0.05, 0) is 57.2 Å². The molecule has 0 bridgehead atoms. The molecular weight excluding hydrogens is 525 g/mol. The van der Waals surface area contributed by atoms with Crippen molar-refractivity contribution in [2.75, 3.05) is 0 Å². The highest BCUT2D eigenvalue weighted by Crippen LogP contribution is 2.34. The van der Waals surface area contributed by atoms with Crippen LogP contribution in [0.3, 0.4) is 0 Å². The van der Waals surface area contributed by atoms with Gasteiger partial charge in [0.15, 0.2) is 0 Å².